The molecular weight excluding hydrogens is 611 g/mol. The van der Waals surface area contributed by atoms with E-state index in [4.69, 9.17) is 14.7 Å². The van der Waals surface area contributed by atoms with Crippen molar-refractivity contribution in [3.8, 4) is 50.8 Å². The molecule has 0 saturated carbocycles. The maximum absolute atomic E-state index is 6.95. The molecule has 1 aliphatic heterocycles. The zero-order valence-electron chi connectivity index (χ0n) is 27.1. The van der Waals surface area contributed by atoms with Crippen LogP contribution in [0.25, 0.3) is 72.4 Å². The van der Waals surface area contributed by atoms with Gasteiger partial charge in [-0.15, -0.1) is 0 Å². The summed E-state index contributed by atoms with van der Waals surface area (Å²) < 4.78 is 9.41. The lowest BCUT2D eigenvalue weighted by molar-refractivity contribution is 0.232. The van der Waals surface area contributed by atoms with Crippen molar-refractivity contribution >= 4 is 27.4 Å². The van der Waals surface area contributed by atoms with Crippen molar-refractivity contribution in [2.45, 2.75) is 12.1 Å². The first-order chi connectivity index (χ1) is 24.8. The summed E-state index contributed by atoms with van der Waals surface area (Å²) >= 11 is 0. The number of allylic oxidation sites excluding steroid dienone is 2. The number of para-hydroxylation sites is 1. The monoisotopic (exact) mass is 641 g/mol. The third-order valence-corrected chi connectivity index (χ3v) is 9.99. The molecule has 0 bridgehead atoms. The van der Waals surface area contributed by atoms with Gasteiger partial charge in [-0.1, -0.05) is 146 Å². The fourth-order valence-corrected chi connectivity index (χ4v) is 7.70. The average molecular weight is 642 g/mol. The van der Waals surface area contributed by atoms with Crippen molar-refractivity contribution in [3.05, 3.63) is 182 Å². The molecule has 6 aromatic carbocycles. The summed E-state index contributed by atoms with van der Waals surface area (Å²) in [5.74, 6) is 1.58. The van der Waals surface area contributed by atoms with Gasteiger partial charge >= 0.3 is 0 Å². The van der Waals surface area contributed by atoms with Crippen LogP contribution in [0.2, 0.25) is 0 Å². The van der Waals surface area contributed by atoms with Crippen LogP contribution in [0.1, 0.15) is 11.6 Å². The molecule has 0 N–H and O–H groups in total. The van der Waals surface area contributed by atoms with Gasteiger partial charge < -0.3 is 9.30 Å². The van der Waals surface area contributed by atoms with Gasteiger partial charge in [0.2, 0.25) is 0 Å². The average Bonchev–Trinajstić information content (AvgIpc) is 3.74. The van der Waals surface area contributed by atoms with Crippen molar-refractivity contribution in [3.63, 3.8) is 0 Å². The molecule has 0 radical (unpaired) electrons. The van der Waals surface area contributed by atoms with E-state index >= 15 is 0 Å². The molecule has 0 spiro atoms. The zero-order chi connectivity index (χ0) is 33.0. The minimum Gasteiger partial charge on any atom is -0.483 e. The topological polar surface area (TPSA) is 39.9 Å². The maximum atomic E-state index is 6.95. The van der Waals surface area contributed by atoms with Gasteiger partial charge in [0, 0.05) is 49.6 Å². The second-order valence-corrected chi connectivity index (χ2v) is 12.9. The smallest absolute Gasteiger partial charge is 0.160 e. The predicted octanol–water partition coefficient (Wildman–Crippen LogP) is 11.2. The highest BCUT2D eigenvalue weighted by Crippen LogP contribution is 2.49. The summed E-state index contributed by atoms with van der Waals surface area (Å²) in [6.07, 6.45) is 6.49. The van der Waals surface area contributed by atoms with Crippen LogP contribution in [0.5, 0.6) is 5.75 Å². The molecule has 0 saturated heterocycles. The molecule has 2 unspecified atom stereocenters. The van der Waals surface area contributed by atoms with Gasteiger partial charge in [0.05, 0.1) is 17.4 Å². The molecule has 2 atom stereocenters. The molecule has 1 aliphatic carbocycles. The highest BCUT2D eigenvalue weighted by Gasteiger charge is 2.39. The van der Waals surface area contributed by atoms with Gasteiger partial charge in [0.25, 0.3) is 0 Å². The summed E-state index contributed by atoms with van der Waals surface area (Å²) in [5, 5.41) is 2.48. The molecule has 3 heterocycles. The van der Waals surface area contributed by atoms with Gasteiger partial charge in [0.15, 0.2) is 5.82 Å². The van der Waals surface area contributed by atoms with Crippen LogP contribution in [0, 0.1) is 0 Å². The lowest BCUT2D eigenvalue weighted by Crippen LogP contribution is -2.27. The highest BCUT2D eigenvalue weighted by molar-refractivity contribution is 6.09. The van der Waals surface area contributed by atoms with E-state index in [-0.39, 0.29) is 12.1 Å². The van der Waals surface area contributed by atoms with Crippen molar-refractivity contribution in [1.82, 2.24) is 14.5 Å². The first-order valence-electron chi connectivity index (χ1n) is 17.1. The summed E-state index contributed by atoms with van der Waals surface area (Å²) in [6.45, 7) is 0. The predicted molar refractivity (Wildman–Crippen MR) is 204 cm³/mol. The van der Waals surface area contributed by atoms with E-state index in [2.05, 4.69) is 156 Å². The Morgan fingerprint density at radius 1 is 0.520 bits per heavy atom. The van der Waals surface area contributed by atoms with Crippen molar-refractivity contribution in [2.75, 3.05) is 0 Å². The number of aromatic nitrogens is 3. The Labute approximate surface area is 290 Å². The molecule has 2 aromatic heterocycles. The largest absolute Gasteiger partial charge is 0.483 e. The van der Waals surface area contributed by atoms with Gasteiger partial charge in [-0.3, -0.25) is 0 Å². The van der Waals surface area contributed by atoms with E-state index in [9.17, 15) is 0 Å². The number of hydrogen-bond donors (Lipinski definition) is 0. The molecule has 4 nitrogen and oxygen atoms in total. The minimum absolute atomic E-state index is 0.0506. The lowest BCUT2D eigenvalue weighted by atomic mass is 9.89. The molecule has 4 heteroatoms. The normalized spacial score (nSPS) is 16.2. The second-order valence-electron chi connectivity index (χ2n) is 12.9. The van der Waals surface area contributed by atoms with Crippen LogP contribution in [-0.2, 0) is 0 Å². The van der Waals surface area contributed by atoms with Crippen LogP contribution >= 0.6 is 0 Å². The van der Waals surface area contributed by atoms with E-state index in [0.29, 0.717) is 5.82 Å². The van der Waals surface area contributed by atoms with E-state index in [1.165, 1.54) is 32.9 Å². The van der Waals surface area contributed by atoms with Gasteiger partial charge in [0.1, 0.15) is 11.9 Å². The molecule has 50 heavy (non-hydrogen) atoms. The standard InChI is InChI=1S/C46H31N3O/c1-4-14-30(15-5-1)33-26-27-41-37(28-33)34-20-10-11-23-40(34)49(41)42-24-12-22-36-44-35(21-13-25-43(44)50-45(36)42)39-29-38(31-16-6-2-7-17-31)47-46(48-39)32-18-8-3-9-19-32/h1-29,42,45H. The highest BCUT2D eigenvalue weighted by atomic mass is 16.5. The summed E-state index contributed by atoms with van der Waals surface area (Å²) in [7, 11) is 0. The lowest BCUT2D eigenvalue weighted by Gasteiger charge is -2.27. The molecular formula is C46H31N3O. The van der Waals surface area contributed by atoms with Crippen LogP contribution in [0.15, 0.2) is 176 Å². The summed E-state index contributed by atoms with van der Waals surface area (Å²) in [5.41, 5.74) is 11.9. The third-order valence-electron chi connectivity index (χ3n) is 9.99. The number of benzene rings is 6. The molecule has 0 amide bonds. The van der Waals surface area contributed by atoms with E-state index in [1.807, 2.05) is 24.3 Å². The zero-order valence-corrected chi connectivity index (χ0v) is 27.1. The number of ether oxygens (including phenoxy) is 1. The molecule has 0 fully saturated rings. The van der Waals surface area contributed by atoms with Gasteiger partial charge in [-0.25, -0.2) is 9.97 Å². The van der Waals surface area contributed by atoms with Crippen LogP contribution in [-0.4, -0.2) is 20.6 Å². The van der Waals surface area contributed by atoms with Gasteiger partial charge in [-0.05, 0) is 41.5 Å². The number of fused-ring (bicyclic) bond motifs is 6. The van der Waals surface area contributed by atoms with Crippen molar-refractivity contribution in [1.29, 1.82) is 0 Å². The van der Waals surface area contributed by atoms with Gasteiger partial charge in [-0.2, -0.15) is 0 Å². The molecule has 2 aliphatic rings. The Bertz CT molecular complexity index is 2560. The SMILES string of the molecule is C1=CC(n2c3ccccc3c3cc(-c4ccccc4)ccc32)C2Oc3cccc(-c4cc(-c5ccccc5)nc(-c5ccccc5)n4)c3C2=C1. The van der Waals surface area contributed by atoms with E-state index in [1.54, 1.807) is 0 Å². The molecule has 8 aromatic rings. The Morgan fingerprint density at radius 2 is 1.20 bits per heavy atom. The second kappa shape index (κ2) is 11.6. The van der Waals surface area contributed by atoms with Crippen LogP contribution < -0.4 is 4.74 Å². The first kappa shape index (κ1) is 28.5. The Hall–Kier alpha value is -6.52. The maximum Gasteiger partial charge on any atom is 0.160 e. The van der Waals surface area contributed by atoms with E-state index < -0.39 is 0 Å². The first-order valence-corrected chi connectivity index (χ1v) is 17.1. The Kier molecular flexibility index (Phi) is 6.59. The summed E-state index contributed by atoms with van der Waals surface area (Å²) in [4.78, 5) is 10.2. The number of nitrogens with zero attached hydrogens (tertiary/aromatic N) is 3. The van der Waals surface area contributed by atoms with Crippen molar-refractivity contribution < 1.29 is 4.74 Å². The fourth-order valence-electron chi connectivity index (χ4n) is 7.70. The van der Waals surface area contributed by atoms with Crippen LogP contribution in [0.4, 0.5) is 0 Å². The number of rotatable bonds is 5. The van der Waals surface area contributed by atoms with E-state index in [0.717, 1.165) is 45.0 Å². The Balaban J connectivity index is 1.11. The minimum atomic E-state index is -0.201. The van der Waals surface area contributed by atoms with Crippen LogP contribution in [0.3, 0.4) is 0 Å². The quantitative estimate of drug-likeness (QED) is 0.188. The number of hydrogen-bond acceptors (Lipinski definition) is 3. The third kappa shape index (κ3) is 4.61. The fraction of sp³-hybridized carbons (Fsp3) is 0.0435. The Morgan fingerprint density at radius 3 is 2.00 bits per heavy atom. The molecule has 10 rings (SSSR count). The van der Waals surface area contributed by atoms with Crippen molar-refractivity contribution in [2.24, 2.45) is 0 Å². The molecule has 236 valence electrons. The summed E-state index contributed by atoms with van der Waals surface area (Å²) in [6, 6.07) is 55.1.